The summed E-state index contributed by atoms with van der Waals surface area (Å²) in [6.07, 6.45) is 27.5. The molecule has 0 bridgehead atoms. The van der Waals surface area contributed by atoms with Crippen LogP contribution in [-0.4, -0.2) is 49.4 Å². The molecule has 7 nitrogen and oxygen atoms in total. The Bertz CT molecular complexity index is 652. The number of nitrogens with one attached hydrogen (secondary N) is 4. The molecular weight excluding hydrogens is 512 g/mol. The lowest BCUT2D eigenvalue weighted by Gasteiger charge is -2.20. The summed E-state index contributed by atoms with van der Waals surface area (Å²) in [6, 6.07) is -0.909. The highest BCUT2D eigenvalue weighted by molar-refractivity contribution is 5.90. The van der Waals surface area contributed by atoms with Crippen LogP contribution in [0.2, 0.25) is 0 Å². The van der Waals surface area contributed by atoms with E-state index in [4.69, 9.17) is 0 Å². The van der Waals surface area contributed by atoms with Crippen molar-refractivity contribution in [1.29, 1.82) is 0 Å². The van der Waals surface area contributed by atoms with Crippen LogP contribution in [-0.2, 0) is 14.4 Å². The van der Waals surface area contributed by atoms with E-state index in [0.29, 0.717) is 19.5 Å². The van der Waals surface area contributed by atoms with Crippen LogP contribution in [0.5, 0.6) is 0 Å². The molecular formula is C34H66N4O3. The smallest absolute Gasteiger partial charge is 0.242 e. The van der Waals surface area contributed by atoms with Crippen molar-refractivity contribution >= 4 is 17.7 Å². The molecule has 4 N–H and O–H groups in total. The number of carbonyl (C=O) groups excluding carboxylic acids is 3. The number of rotatable bonds is 28. The molecule has 0 radical (unpaired) electrons. The minimum Gasteiger partial charge on any atom is -0.356 e. The lowest BCUT2D eigenvalue weighted by atomic mass is 10.1. The first-order valence-corrected chi connectivity index (χ1v) is 17.7. The summed E-state index contributed by atoms with van der Waals surface area (Å²) >= 11 is 0. The van der Waals surface area contributed by atoms with Crippen LogP contribution in [0.25, 0.3) is 0 Å². The van der Waals surface area contributed by atoms with E-state index in [-0.39, 0.29) is 30.2 Å². The molecule has 0 aromatic heterocycles. The van der Waals surface area contributed by atoms with Crippen LogP contribution in [0.15, 0.2) is 0 Å². The van der Waals surface area contributed by atoms with E-state index >= 15 is 0 Å². The number of amides is 3. The molecule has 7 heteroatoms. The highest BCUT2D eigenvalue weighted by Crippen LogP contribution is 2.12. The van der Waals surface area contributed by atoms with Crippen molar-refractivity contribution in [3.8, 4) is 0 Å². The van der Waals surface area contributed by atoms with Crippen molar-refractivity contribution in [3.63, 3.8) is 0 Å². The zero-order chi connectivity index (χ0) is 29.8. The third kappa shape index (κ3) is 21.7. The van der Waals surface area contributed by atoms with Crippen molar-refractivity contribution in [3.05, 3.63) is 0 Å². The molecule has 1 heterocycles. The van der Waals surface area contributed by atoms with E-state index < -0.39 is 6.04 Å². The summed E-state index contributed by atoms with van der Waals surface area (Å²) in [5.41, 5.74) is 0. The molecule has 2 atom stereocenters. The van der Waals surface area contributed by atoms with Crippen LogP contribution in [0.3, 0.4) is 0 Å². The highest BCUT2D eigenvalue weighted by atomic mass is 16.2. The molecule has 1 fully saturated rings. The second kappa shape index (κ2) is 27.2. The van der Waals surface area contributed by atoms with E-state index in [1.54, 1.807) is 0 Å². The predicted molar refractivity (Wildman–Crippen MR) is 172 cm³/mol. The van der Waals surface area contributed by atoms with E-state index in [2.05, 4.69) is 35.1 Å². The van der Waals surface area contributed by atoms with Gasteiger partial charge in [0.15, 0.2) is 0 Å². The van der Waals surface area contributed by atoms with Gasteiger partial charge in [-0.2, -0.15) is 0 Å². The van der Waals surface area contributed by atoms with Crippen molar-refractivity contribution < 1.29 is 14.4 Å². The zero-order valence-electron chi connectivity index (χ0n) is 27.0. The lowest BCUT2D eigenvalue weighted by Crippen LogP contribution is -2.51. The summed E-state index contributed by atoms with van der Waals surface area (Å²) in [6.45, 7) is 6.63. The molecule has 0 saturated carbocycles. The maximum atomic E-state index is 12.9. The summed E-state index contributed by atoms with van der Waals surface area (Å²) in [7, 11) is 0. The molecule has 240 valence electrons. The van der Waals surface area contributed by atoms with Crippen molar-refractivity contribution in [1.82, 2.24) is 21.3 Å². The second-order valence-electron chi connectivity index (χ2n) is 12.3. The maximum absolute atomic E-state index is 12.9. The molecule has 1 unspecified atom stereocenters. The summed E-state index contributed by atoms with van der Waals surface area (Å²) in [4.78, 5) is 38.1. The van der Waals surface area contributed by atoms with Gasteiger partial charge in [0.1, 0.15) is 6.04 Å². The third-order valence-electron chi connectivity index (χ3n) is 8.35. The van der Waals surface area contributed by atoms with Crippen LogP contribution in [0.1, 0.15) is 168 Å². The van der Waals surface area contributed by atoms with Crippen molar-refractivity contribution in [2.24, 2.45) is 0 Å². The molecule has 0 aromatic rings. The summed E-state index contributed by atoms with van der Waals surface area (Å²) in [5.74, 6) is -0.344. The molecule has 0 aliphatic carbocycles. The number of hydrogen-bond donors (Lipinski definition) is 4. The SMILES string of the molecule is CCCCCCCCCCCCNC(=O)CC[C@H](NC(=O)C1CCCN1)C(=O)NCCCCCCCCCCCC. The average Bonchev–Trinajstić information content (AvgIpc) is 3.52. The monoisotopic (exact) mass is 579 g/mol. The molecule has 1 aliphatic heterocycles. The fourth-order valence-corrected chi connectivity index (χ4v) is 5.60. The first-order valence-electron chi connectivity index (χ1n) is 17.7. The van der Waals surface area contributed by atoms with E-state index in [1.165, 1.54) is 103 Å². The average molecular weight is 579 g/mol. The zero-order valence-corrected chi connectivity index (χ0v) is 27.0. The third-order valence-corrected chi connectivity index (χ3v) is 8.35. The van der Waals surface area contributed by atoms with E-state index in [1.807, 2.05) is 0 Å². The molecule has 3 amide bonds. The number of unbranched alkanes of at least 4 members (excludes halogenated alkanes) is 18. The standard InChI is InChI=1S/C34H66N4O3/c1-3-5-7-9-11-13-15-17-19-21-27-36-32(39)26-25-31(38-34(41)30-24-23-29-35-30)33(40)37-28-22-20-18-16-14-12-10-8-6-4-2/h30-31,35H,3-29H2,1-2H3,(H,36,39)(H,37,40)(H,38,41)/t30?,31-/m0/s1. The molecule has 0 spiro atoms. The largest absolute Gasteiger partial charge is 0.356 e. The van der Waals surface area contributed by atoms with Crippen LogP contribution in [0.4, 0.5) is 0 Å². The fourth-order valence-electron chi connectivity index (χ4n) is 5.60. The van der Waals surface area contributed by atoms with Crippen LogP contribution >= 0.6 is 0 Å². The minimum atomic E-state index is -0.670. The first-order chi connectivity index (χ1) is 20.1. The molecule has 1 saturated heterocycles. The Morgan fingerprint density at radius 1 is 0.659 bits per heavy atom. The fraction of sp³-hybridized carbons (Fsp3) is 0.912. The van der Waals surface area contributed by atoms with Crippen molar-refractivity contribution in [2.75, 3.05) is 19.6 Å². The molecule has 1 aliphatic rings. The van der Waals surface area contributed by atoms with Gasteiger partial charge in [-0.3, -0.25) is 14.4 Å². The Kier molecular flexibility index (Phi) is 24.8. The Morgan fingerprint density at radius 3 is 1.59 bits per heavy atom. The van der Waals surface area contributed by atoms with Gasteiger partial charge >= 0.3 is 0 Å². The Balaban J connectivity index is 2.23. The minimum absolute atomic E-state index is 0.0401. The summed E-state index contributed by atoms with van der Waals surface area (Å²) < 4.78 is 0. The maximum Gasteiger partial charge on any atom is 0.242 e. The normalized spacial score (nSPS) is 15.5. The van der Waals surface area contributed by atoms with Gasteiger partial charge in [-0.25, -0.2) is 0 Å². The second-order valence-corrected chi connectivity index (χ2v) is 12.3. The van der Waals surface area contributed by atoms with Crippen LogP contribution in [0, 0.1) is 0 Å². The van der Waals surface area contributed by atoms with Gasteiger partial charge in [-0.15, -0.1) is 0 Å². The Hall–Kier alpha value is -1.63. The number of hydrogen-bond acceptors (Lipinski definition) is 4. The number of carbonyl (C=O) groups is 3. The Labute approximate surface area is 252 Å². The van der Waals surface area contributed by atoms with Gasteiger partial charge in [0.25, 0.3) is 0 Å². The molecule has 41 heavy (non-hydrogen) atoms. The highest BCUT2D eigenvalue weighted by Gasteiger charge is 2.27. The van der Waals surface area contributed by atoms with Gasteiger partial charge < -0.3 is 21.3 Å². The molecule has 0 aromatic carbocycles. The van der Waals surface area contributed by atoms with E-state index in [0.717, 1.165) is 45.1 Å². The quantitative estimate of drug-likeness (QED) is 0.0746. The molecule has 1 rings (SSSR count). The van der Waals surface area contributed by atoms with Crippen LogP contribution < -0.4 is 21.3 Å². The topological polar surface area (TPSA) is 99.3 Å². The van der Waals surface area contributed by atoms with Gasteiger partial charge in [0, 0.05) is 19.5 Å². The van der Waals surface area contributed by atoms with Gasteiger partial charge in [0.05, 0.1) is 6.04 Å². The van der Waals surface area contributed by atoms with Gasteiger partial charge in [-0.05, 0) is 38.6 Å². The van der Waals surface area contributed by atoms with E-state index in [9.17, 15) is 14.4 Å². The predicted octanol–water partition coefficient (Wildman–Crippen LogP) is 7.08. The van der Waals surface area contributed by atoms with Gasteiger partial charge in [0.2, 0.25) is 17.7 Å². The lowest BCUT2D eigenvalue weighted by molar-refractivity contribution is -0.130. The van der Waals surface area contributed by atoms with Crippen molar-refractivity contribution in [2.45, 2.75) is 180 Å². The summed E-state index contributed by atoms with van der Waals surface area (Å²) in [5, 5.41) is 12.1. The first kappa shape index (κ1) is 37.4. The van der Waals surface area contributed by atoms with Gasteiger partial charge in [-0.1, -0.05) is 129 Å². The Morgan fingerprint density at radius 2 is 1.12 bits per heavy atom.